The van der Waals surface area contributed by atoms with E-state index in [0.29, 0.717) is 144 Å². The number of halogens is 13. The number of rotatable bonds is 20. The third-order valence-electron chi connectivity index (χ3n) is 33.3. The zero-order valence-corrected chi connectivity index (χ0v) is 91.8. The van der Waals surface area contributed by atoms with E-state index in [1.165, 1.54) is 48.5 Å². The normalized spacial score (nSPS) is 31.4. The fraction of sp³-hybridized carbons (Fsp3) is 0.517. The number of fused-ring (bicyclic) bond motifs is 8. The summed E-state index contributed by atoms with van der Waals surface area (Å²) < 4.78 is 75.7. The highest BCUT2D eigenvalue weighted by molar-refractivity contribution is 6.34. The molecule has 21 nitrogen and oxygen atoms in total. The Balaban J connectivity index is 0.000000136. The van der Waals surface area contributed by atoms with E-state index in [1.807, 2.05) is 45.0 Å². The Labute approximate surface area is 912 Å². The fourth-order valence-corrected chi connectivity index (χ4v) is 28.8. The summed E-state index contributed by atoms with van der Waals surface area (Å²) in [7, 11) is 0. The van der Waals surface area contributed by atoms with E-state index >= 15 is 8.78 Å². The SMILES string of the molecule is CC(C)(C)C[C@H]1N[C@@H](C(=O)CC2CC[C@H](O)C2)[C@H](c2cccc(Cl)c2)[C@@]12C(=O)Nc1cc(Cl)c(F)cc12.CC(C)(C)C[C@H]1N[C@@H](C(=O)CC2CC[C@H](O)C2)[C@H](c2cccc(Cl)c2F)[C@@]12C(=O)Nc1cc(Cl)c(F)cc12.CC(C)(C)C[C@H]1N[C@@H](C(=O)CC2CC[C@H](O)C2)[C@H](c2cccc(Cl)c2F)[C@@]12C(=O)Nc1cc(Cl)ccc12.CC(C)(C)C[C@H]1N[C@@H](C(=O)CC2C[C@@H](O)[C@@H](O)C2)[C@H](c2ccc(F)c(Cl)c2)[C@@]12C(=O)Nc1cc(Cl)ccc12. The molecule has 25 atom stereocenters. The Bertz CT molecular complexity index is 6610. The predicted octanol–water partition coefficient (Wildman–Crippen LogP) is 23.1. The van der Waals surface area contributed by atoms with Gasteiger partial charge < -0.3 is 68.1 Å². The fourth-order valence-electron chi connectivity index (χ4n) is 27.4. The van der Waals surface area contributed by atoms with Crippen LogP contribution in [0.1, 0.15) is 273 Å². The van der Waals surface area contributed by atoms with Crippen LogP contribution in [-0.4, -0.2) is 151 Å². The van der Waals surface area contributed by atoms with Crippen molar-refractivity contribution < 1.29 is 85.8 Å². The van der Waals surface area contributed by atoms with E-state index in [2.05, 4.69) is 105 Å². The lowest BCUT2D eigenvalue weighted by molar-refractivity contribution is -0.124. The molecule has 4 saturated heterocycles. The number of amides is 4. The third kappa shape index (κ3) is 21.8. The maximum Gasteiger partial charge on any atom is 0.237 e. The molecule has 12 aliphatic rings. The molecule has 4 spiro atoms. The zero-order valence-electron chi connectivity index (χ0n) is 85.8. The highest BCUT2D eigenvalue weighted by Gasteiger charge is 2.71. The first kappa shape index (κ1) is 113. The van der Waals surface area contributed by atoms with E-state index < -0.39 is 153 Å². The van der Waals surface area contributed by atoms with Gasteiger partial charge in [-0.25, -0.2) is 22.0 Å². The smallest absolute Gasteiger partial charge is 0.237 e. The largest absolute Gasteiger partial charge is 0.393 e. The molecule has 0 aromatic heterocycles. The van der Waals surface area contributed by atoms with Crippen LogP contribution in [0.2, 0.25) is 40.2 Å². The van der Waals surface area contributed by atoms with Gasteiger partial charge in [-0.05, 0) is 271 Å². The van der Waals surface area contributed by atoms with Gasteiger partial charge in [0.15, 0.2) is 23.1 Å². The molecule has 4 saturated carbocycles. The monoisotopic (exact) mass is 2220 g/mol. The molecule has 0 bridgehead atoms. The predicted molar refractivity (Wildman–Crippen MR) is 576 cm³/mol. The van der Waals surface area contributed by atoms with Crippen molar-refractivity contribution in [1.29, 1.82) is 0 Å². The molecule has 20 rings (SSSR count). The van der Waals surface area contributed by atoms with Crippen LogP contribution in [0.5, 0.6) is 0 Å². The lowest BCUT2D eigenvalue weighted by Crippen LogP contribution is -2.49. The van der Waals surface area contributed by atoms with Crippen molar-refractivity contribution in [3.8, 4) is 0 Å². The van der Waals surface area contributed by atoms with Crippen molar-refractivity contribution >= 4 is 162 Å². The molecule has 4 amide bonds. The van der Waals surface area contributed by atoms with Crippen molar-refractivity contribution in [2.75, 3.05) is 21.3 Å². The number of carbonyl (C=O) groups is 8. The van der Waals surface area contributed by atoms with Gasteiger partial charge in [0.1, 0.15) is 50.7 Å². The van der Waals surface area contributed by atoms with Crippen LogP contribution in [-0.2, 0) is 60.0 Å². The van der Waals surface area contributed by atoms with Gasteiger partial charge in [-0.2, -0.15) is 0 Å². The van der Waals surface area contributed by atoms with Gasteiger partial charge in [0.2, 0.25) is 23.6 Å². The van der Waals surface area contributed by atoms with Gasteiger partial charge in [0, 0.05) is 111 Å². The average molecular weight is 2220 g/mol. The molecule has 4 unspecified atom stereocenters. The van der Waals surface area contributed by atoms with Crippen LogP contribution in [0, 0.1) is 74.4 Å². The quantitative estimate of drug-likeness (QED) is 0.0315. The second-order valence-electron chi connectivity index (χ2n) is 48.7. The van der Waals surface area contributed by atoms with Crippen molar-refractivity contribution in [3.63, 3.8) is 0 Å². The molecule has 34 heteroatoms. The van der Waals surface area contributed by atoms with Crippen molar-refractivity contribution in [1.82, 2.24) is 21.3 Å². The van der Waals surface area contributed by atoms with E-state index in [4.69, 9.17) is 92.8 Å². The molecule has 8 aromatic carbocycles. The van der Waals surface area contributed by atoms with Crippen LogP contribution in [0.4, 0.5) is 44.7 Å². The van der Waals surface area contributed by atoms with Gasteiger partial charge in [-0.3, -0.25) is 38.4 Å². The summed E-state index contributed by atoms with van der Waals surface area (Å²) in [5, 5.41) is 77.0. The molecule has 0 radical (unpaired) electrons. The zero-order chi connectivity index (χ0) is 109. The van der Waals surface area contributed by atoms with Crippen LogP contribution in [0.15, 0.2) is 140 Å². The minimum Gasteiger partial charge on any atom is -0.393 e. The Morgan fingerprint density at radius 3 is 0.947 bits per heavy atom. The van der Waals surface area contributed by atoms with E-state index in [9.17, 15) is 77.1 Å². The summed E-state index contributed by atoms with van der Waals surface area (Å²) >= 11 is 49.8. The Morgan fingerprint density at radius 2 is 0.613 bits per heavy atom. The number of ketones is 4. The number of hydrogen-bond donors (Lipinski definition) is 13. The summed E-state index contributed by atoms with van der Waals surface area (Å²) in [5.74, 6) is -7.92. The van der Waals surface area contributed by atoms with Crippen molar-refractivity contribution in [2.24, 2.45) is 45.3 Å². The molecule has 4 aliphatic carbocycles. The number of nitrogens with one attached hydrogen (secondary N) is 8. The van der Waals surface area contributed by atoms with Gasteiger partial charge in [0.05, 0.1) is 79.8 Å². The van der Waals surface area contributed by atoms with E-state index in [-0.39, 0.29) is 148 Å². The maximum absolute atomic E-state index is 15.8. The molecule has 8 heterocycles. The first-order chi connectivity index (χ1) is 70.4. The number of aliphatic hydroxyl groups excluding tert-OH is 5. The Hall–Kier alpha value is -8.07. The number of benzene rings is 8. The van der Waals surface area contributed by atoms with E-state index in [0.717, 1.165) is 30.4 Å². The minimum atomic E-state index is -1.49. The number of anilines is 4. The summed E-state index contributed by atoms with van der Waals surface area (Å²) in [6, 6.07) is 31.8. The maximum atomic E-state index is 15.8. The molecule has 150 heavy (non-hydrogen) atoms. The second kappa shape index (κ2) is 43.5. The third-order valence-corrected chi connectivity index (χ3v) is 35.4. The van der Waals surface area contributed by atoms with Crippen LogP contribution in [0.3, 0.4) is 0 Å². The summed E-state index contributed by atoms with van der Waals surface area (Å²) in [6.07, 6.45) is 6.86. The molecule has 8 fully saturated rings. The number of hydrogen-bond acceptors (Lipinski definition) is 17. The number of Topliss-reactive ketones (excluding diaryl/α,β-unsaturated/α-hetero) is 4. The Morgan fingerprint density at radius 1 is 0.313 bits per heavy atom. The topological polar surface area (TPSA) is 334 Å². The van der Waals surface area contributed by atoms with Crippen LogP contribution in [0.25, 0.3) is 0 Å². The number of carbonyl (C=O) groups excluding carboxylic acids is 8. The number of aliphatic hydroxyl groups is 5. The van der Waals surface area contributed by atoms with Gasteiger partial charge >= 0.3 is 0 Å². The first-order valence-corrected chi connectivity index (χ1v) is 55.0. The standard InChI is InChI=1S/C29H32Cl2F2N2O3.C29H33Cl2FN2O4.2C29H33Cl2FN2O3/c1-28(2,3)13-23-29(17-11-20(32)19(31)12-21(17)34-27(29)38)24(16-5-4-6-18(30)25(16)33)26(35-23)22(37)10-14-7-8-15(36)9-14;1-28(2,3)13-24-29(17-6-5-16(30)12-20(17)33-27(29)38)25(15-4-7-19(32)18(31)11-15)26(34-24)23(37)10-14-8-21(35)22(36)9-14;1-28(2,3)14-23-29(19-10-8-16(30)13-21(19)33-27(29)37)24(18-5-4-6-20(31)25(18)32)26(34-23)22(36)12-15-7-9-17(35)11-15;1-28(2,3)14-24-29(19-12-21(32)20(31)13-22(19)33-27(29)37)25(16-5-4-6-17(30)11-16)26(34-24)23(36)10-15-7-8-18(35)9-15/h4-6,11-12,14-15,23-24,26,35-36H,7-10,13H2,1-3H3,(H,34,38);4-7,11-12,14,21-22,24-26,34-36H,8-10,13H2,1-3H3,(H,33,38);4-6,8,10,13,15,17,23-24,26,34-35H,7,9,11-12,14H2,1-3H3,(H,33,37);4-6,11-13,15,18,24-26,34-35H,7-10,14H2,1-3H3,(H,33,37)/t14?,15-,23+,24-,26-,29-;14?,21-,22+,24-,25+,26+,29+;15?,17-,23+,24-,26-,29-;15?,18-,24+,25-,26-,29-/m0100/s1. The van der Waals surface area contributed by atoms with Crippen molar-refractivity contribution in [2.45, 2.75) is 329 Å². The molecular weight excluding hydrogens is 2090 g/mol. The van der Waals surface area contributed by atoms with Gasteiger partial charge in [0.25, 0.3) is 0 Å². The summed E-state index contributed by atoms with van der Waals surface area (Å²) in [5.41, 5.74) is 0.00233. The Kier molecular flexibility index (Phi) is 32.8. The lowest BCUT2D eigenvalue weighted by Gasteiger charge is -2.37. The highest BCUT2D eigenvalue weighted by Crippen LogP contribution is 2.64. The summed E-state index contributed by atoms with van der Waals surface area (Å²) in [4.78, 5) is 112. The molecule has 8 aromatic rings. The van der Waals surface area contributed by atoms with Gasteiger partial charge in [-0.15, -0.1) is 0 Å². The first-order valence-electron chi connectivity index (χ1n) is 51.9. The van der Waals surface area contributed by atoms with Crippen LogP contribution < -0.4 is 42.5 Å². The molecule has 804 valence electrons. The van der Waals surface area contributed by atoms with Crippen molar-refractivity contribution in [3.05, 3.63) is 253 Å². The van der Waals surface area contributed by atoms with Crippen LogP contribution >= 0.6 is 92.8 Å². The molecule has 13 N–H and O–H groups in total. The average Bonchev–Trinajstić information content (AvgIpc) is 1.54. The summed E-state index contributed by atoms with van der Waals surface area (Å²) in [6.45, 7) is 24.8. The van der Waals surface area contributed by atoms with Gasteiger partial charge in [-0.1, -0.05) is 230 Å². The lowest BCUT2D eigenvalue weighted by atomic mass is 9.62. The highest BCUT2D eigenvalue weighted by atomic mass is 35.5. The molecular formula is C116H131Cl8F5N8O13. The minimum absolute atomic E-state index is 0.00252. The molecule has 8 aliphatic heterocycles. The second-order valence-corrected chi connectivity index (χ2v) is 52.1. The van der Waals surface area contributed by atoms with E-state index in [1.54, 1.807) is 66.7 Å².